The van der Waals surface area contributed by atoms with Crippen LogP contribution in [0.3, 0.4) is 0 Å². The third-order valence-corrected chi connectivity index (χ3v) is 13.0. The van der Waals surface area contributed by atoms with Crippen LogP contribution in [-0.2, 0) is 0 Å². The lowest BCUT2D eigenvalue weighted by atomic mass is 10.0. The molecule has 0 bridgehead atoms. The average molecular weight is 771 g/mol. The number of hydrogen-bond donors (Lipinski definition) is 0. The lowest BCUT2D eigenvalue weighted by molar-refractivity contribution is 0.668. The van der Waals surface area contributed by atoms with Gasteiger partial charge in [-0.3, -0.25) is 0 Å². The van der Waals surface area contributed by atoms with Gasteiger partial charge in [0.1, 0.15) is 11.2 Å². The fourth-order valence-corrected chi connectivity index (χ4v) is 10.4. The predicted octanol–water partition coefficient (Wildman–Crippen LogP) is 14.5. The molecule has 0 saturated carbocycles. The molecule has 0 N–H and O–H groups in total. The van der Waals surface area contributed by atoms with Crippen LogP contribution in [0.15, 0.2) is 186 Å². The minimum absolute atomic E-state index is 0.584. The topological polar surface area (TPSA) is 56.7 Å². The second-order valence-corrected chi connectivity index (χ2v) is 16.2. The van der Waals surface area contributed by atoms with Crippen molar-refractivity contribution in [1.82, 2.24) is 19.5 Å². The molecule has 9 aromatic carbocycles. The Hall–Kier alpha value is -7.67. The molecule has 0 radical (unpaired) electrons. The molecule has 59 heavy (non-hydrogen) atoms. The first-order chi connectivity index (χ1) is 29.2. The van der Waals surface area contributed by atoms with Gasteiger partial charge in [0.05, 0.1) is 16.7 Å². The minimum atomic E-state index is 0.584. The molecule has 0 atom stereocenters. The van der Waals surface area contributed by atoms with Crippen molar-refractivity contribution in [2.75, 3.05) is 0 Å². The maximum Gasteiger partial charge on any atom is 0.165 e. The number of benzene rings is 9. The van der Waals surface area contributed by atoms with Crippen LogP contribution in [0.4, 0.5) is 0 Å². The molecule has 0 amide bonds. The molecule has 0 aliphatic heterocycles. The second-order valence-electron chi connectivity index (χ2n) is 15.1. The zero-order valence-corrected chi connectivity index (χ0v) is 32.2. The molecule has 0 aliphatic carbocycles. The number of furan rings is 1. The predicted molar refractivity (Wildman–Crippen MR) is 246 cm³/mol. The molecule has 0 aliphatic rings. The Morgan fingerprint density at radius 1 is 0.390 bits per heavy atom. The average Bonchev–Trinajstić information content (AvgIpc) is 3.97. The molecule has 4 aromatic heterocycles. The molecule has 0 unspecified atom stereocenters. The Morgan fingerprint density at radius 3 is 1.86 bits per heavy atom. The molecule has 5 nitrogen and oxygen atoms in total. The van der Waals surface area contributed by atoms with Crippen molar-refractivity contribution in [2.45, 2.75) is 0 Å². The zero-order valence-electron chi connectivity index (χ0n) is 31.4. The fourth-order valence-electron chi connectivity index (χ4n) is 9.16. The van der Waals surface area contributed by atoms with Gasteiger partial charge in [-0.15, -0.1) is 11.3 Å². The van der Waals surface area contributed by atoms with Crippen LogP contribution in [-0.4, -0.2) is 19.5 Å². The summed E-state index contributed by atoms with van der Waals surface area (Å²) in [7, 11) is 0. The highest BCUT2D eigenvalue weighted by Crippen LogP contribution is 2.43. The van der Waals surface area contributed by atoms with Gasteiger partial charge in [0, 0.05) is 64.5 Å². The Kier molecular flexibility index (Phi) is 6.82. The van der Waals surface area contributed by atoms with E-state index in [1.165, 1.54) is 37.0 Å². The summed E-state index contributed by atoms with van der Waals surface area (Å²) in [6.07, 6.45) is 0. The van der Waals surface area contributed by atoms with E-state index in [0.717, 1.165) is 70.8 Å². The van der Waals surface area contributed by atoms with Crippen LogP contribution >= 0.6 is 11.3 Å². The first kappa shape index (κ1) is 32.4. The molecule has 13 aromatic rings. The lowest BCUT2D eigenvalue weighted by Crippen LogP contribution is -2.02. The third-order valence-electron chi connectivity index (χ3n) is 11.8. The van der Waals surface area contributed by atoms with Crippen LogP contribution in [0.1, 0.15) is 0 Å². The maximum atomic E-state index is 6.74. The number of thiophene rings is 1. The molecule has 0 spiro atoms. The highest BCUT2D eigenvalue weighted by molar-refractivity contribution is 7.26. The van der Waals surface area contributed by atoms with Crippen molar-refractivity contribution >= 4 is 96.8 Å². The van der Waals surface area contributed by atoms with Gasteiger partial charge in [0.2, 0.25) is 0 Å². The Bertz CT molecular complexity index is 3870. The fraction of sp³-hybridized carbons (Fsp3) is 0. The summed E-state index contributed by atoms with van der Waals surface area (Å²) < 4.78 is 11.5. The van der Waals surface area contributed by atoms with E-state index in [2.05, 4.69) is 174 Å². The summed E-state index contributed by atoms with van der Waals surface area (Å²) in [6, 6.07) is 64.3. The van der Waals surface area contributed by atoms with Crippen molar-refractivity contribution in [3.05, 3.63) is 182 Å². The molecular weight excluding hydrogens is 741 g/mol. The van der Waals surface area contributed by atoms with Gasteiger partial charge >= 0.3 is 0 Å². The molecule has 0 saturated heterocycles. The summed E-state index contributed by atoms with van der Waals surface area (Å²) in [5.41, 5.74) is 7.59. The van der Waals surface area contributed by atoms with E-state index in [1.807, 2.05) is 12.1 Å². The van der Waals surface area contributed by atoms with Crippen LogP contribution < -0.4 is 0 Å². The monoisotopic (exact) mass is 770 g/mol. The standard InChI is InChI=1S/C53H30N4OS/c1-2-15-33-28-45-42(27-32(33)14-1)36-18-5-8-24-44(36)57(45)34-29-43(49-40-20-6-9-25-46(40)58-47(49)30-34)53-55-51(39-22-11-16-31-13-3-4-17-35(31)39)54-52(56-53)41-23-12-21-38-37-19-7-10-26-48(37)59-50(38)41/h1-30H. The number of fused-ring (bicyclic) bond motifs is 11. The maximum absolute atomic E-state index is 6.74. The van der Waals surface area contributed by atoms with Gasteiger partial charge in [0.15, 0.2) is 17.5 Å². The highest BCUT2D eigenvalue weighted by Gasteiger charge is 2.23. The normalized spacial score (nSPS) is 12.1. The van der Waals surface area contributed by atoms with Gasteiger partial charge in [-0.2, -0.15) is 0 Å². The van der Waals surface area contributed by atoms with Gasteiger partial charge in [0.25, 0.3) is 0 Å². The smallest absolute Gasteiger partial charge is 0.165 e. The molecule has 274 valence electrons. The van der Waals surface area contributed by atoms with Crippen LogP contribution in [0.2, 0.25) is 0 Å². The largest absolute Gasteiger partial charge is 0.456 e. The first-order valence-corrected chi connectivity index (χ1v) is 20.6. The van der Waals surface area contributed by atoms with Gasteiger partial charge in [-0.05, 0) is 64.0 Å². The summed E-state index contributed by atoms with van der Waals surface area (Å²) in [6.45, 7) is 0. The number of nitrogens with zero attached hydrogens (tertiary/aromatic N) is 4. The van der Waals surface area contributed by atoms with E-state index in [1.54, 1.807) is 11.3 Å². The van der Waals surface area contributed by atoms with Gasteiger partial charge in [-0.1, -0.05) is 133 Å². The minimum Gasteiger partial charge on any atom is -0.456 e. The number of rotatable bonds is 4. The molecule has 6 heteroatoms. The van der Waals surface area contributed by atoms with Gasteiger partial charge < -0.3 is 8.98 Å². The van der Waals surface area contributed by atoms with E-state index >= 15 is 0 Å². The van der Waals surface area contributed by atoms with Crippen LogP contribution in [0, 0.1) is 0 Å². The third kappa shape index (κ3) is 4.87. The van der Waals surface area contributed by atoms with E-state index in [9.17, 15) is 0 Å². The van der Waals surface area contributed by atoms with Crippen molar-refractivity contribution < 1.29 is 4.42 Å². The Labute approximate surface area is 341 Å². The highest BCUT2D eigenvalue weighted by atomic mass is 32.1. The Morgan fingerprint density at radius 2 is 1.00 bits per heavy atom. The molecule has 0 fully saturated rings. The molecular formula is C53H30N4OS. The SMILES string of the molecule is c1ccc2cc3c(cc2c1)c1ccccc1n3-c1cc(-c2nc(-c3cccc4ccccc34)nc(-c3cccc4c3sc3ccccc34)n2)c2c(c1)oc1ccccc12. The summed E-state index contributed by atoms with van der Waals surface area (Å²) >= 11 is 1.78. The summed E-state index contributed by atoms with van der Waals surface area (Å²) in [5.74, 6) is 1.83. The second kappa shape index (κ2) is 12.4. The van der Waals surface area contributed by atoms with Crippen LogP contribution in [0.5, 0.6) is 0 Å². The zero-order chi connectivity index (χ0) is 38.6. The molecule has 13 rings (SSSR count). The number of hydrogen-bond acceptors (Lipinski definition) is 5. The molecule has 4 heterocycles. The van der Waals surface area contributed by atoms with Crippen molar-refractivity contribution in [2.24, 2.45) is 0 Å². The quantitative estimate of drug-likeness (QED) is 0.179. The summed E-state index contributed by atoms with van der Waals surface area (Å²) in [5, 5.41) is 11.4. The van der Waals surface area contributed by atoms with E-state index in [0.29, 0.717) is 17.5 Å². The Balaban J connectivity index is 1.15. The summed E-state index contributed by atoms with van der Waals surface area (Å²) in [4.78, 5) is 16.2. The van der Waals surface area contributed by atoms with Crippen molar-refractivity contribution in [3.8, 4) is 39.9 Å². The van der Waals surface area contributed by atoms with Crippen molar-refractivity contribution in [1.29, 1.82) is 0 Å². The number of para-hydroxylation sites is 2. The van der Waals surface area contributed by atoms with Crippen molar-refractivity contribution in [3.63, 3.8) is 0 Å². The van der Waals surface area contributed by atoms with Gasteiger partial charge in [-0.25, -0.2) is 15.0 Å². The van der Waals surface area contributed by atoms with E-state index < -0.39 is 0 Å². The van der Waals surface area contributed by atoms with E-state index in [-0.39, 0.29) is 0 Å². The van der Waals surface area contributed by atoms with Crippen LogP contribution in [0.25, 0.3) is 125 Å². The lowest BCUT2D eigenvalue weighted by Gasteiger charge is -2.14. The van der Waals surface area contributed by atoms with E-state index in [4.69, 9.17) is 19.4 Å². The first-order valence-electron chi connectivity index (χ1n) is 19.8. The number of aromatic nitrogens is 4.